The van der Waals surface area contributed by atoms with Gasteiger partial charge in [0.1, 0.15) is 0 Å². The molecule has 0 atom stereocenters. The molecule has 0 saturated carbocycles. The number of carbonyl (C=O) groups is 1. The average molecular weight is 425 g/mol. The van der Waals surface area contributed by atoms with Crippen molar-refractivity contribution in [2.75, 3.05) is 38.0 Å². The Hall–Kier alpha value is -2.81. The van der Waals surface area contributed by atoms with E-state index in [0.29, 0.717) is 36.8 Å². The van der Waals surface area contributed by atoms with Crippen molar-refractivity contribution in [1.29, 1.82) is 0 Å². The van der Waals surface area contributed by atoms with E-state index in [1.807, 2.05) is 42.2 Å². The summed E-state index contributed by atoms with van der Waals surface area (Å²) in [6.45, 7) is 3.88. The van der Waals surface area contributed by atoms with Crippen LogP contribution in [-0.4, -0.2) is 61.2 Å². The van der Waals surface area contributed by atoms with Gasteiger partial charge in [-0.15, -0.1) is 0 Å². The Kier molecular flexibility index (Phi) is 5.80. The summed E-state index contributed by atoms with van der Waals surface area (Å²) < 4.78 is 27.1. The first-order valence-electron chi connectivity index (χ1n) is 9.86. The molecule has 4 rings (SSSR count). The second kappa shape index (κ2) is 8.51. The number of benzene rings is 2. The molecular formula is C22H24N4O3S. The number of nitrogens with zero attached hydrogens (tertiary/aromatic N) is 3. The lowest BCUT2D eigenvalue weighted by molar-refractivity contribution is -0.117. The van der Waals surface area contributed by atoms with Crippen LogP contribution in [0, 0.1) is 6.92 Å². The van der Waals surface area contributed by atoms with E-state index in [1.165, 1.54) is 4.31 Å². The molecule has 1 aromatic heterocycles. The summed E-state index contributed by atoms with van der Waals surface area (Å²) in [5.41, 5.74) is 2.55. The van der Waals surface area contributed by atoms with E-state index in [0.717, 1.165) is 16.5 Å². The van der Waals surface area contributed by atoms with Crippen LogP contribution in [0.3, 0.4) is 0 Å². The van der Waals surface area contributed by atoms with Gasteiger partial charge < -0.3 is 5.32 Å². The largest absolute Gasteiger partial charge is 0.324 e. The predicted octanol–water partition coefficient (Wildman–Crippen LogP) is 2.49. The molecule has 8 heteroatoms. The number of fused-ring (bicyclic) bond motifs is 1. The third-order valence-corrected chi connectivity index (χ3v) is 7.14. The Balaban J connectivity index is 1.32. The number of pyridine rings is 1. The summed E-state index contributed by atoms with van der Waals surface area (Å²) in [5.74, 6) is -0.137. The number of aromatic nitrogens is 1. The fraction of sp³-hybridized carbons (Fsp3) is 0.273. The Labute approximate surface area is 176 Å². The molecule has 1 amide bonds. The third kappa shape index (κ3) is 4.51. The van der Waals surface area contributed by atoms with Gasteiger partial charge >= 0.3 is 0 Å². The Bertz CT molecular complexity index is 1150. The topological polar surface area (TPSA) is 82.6 Å². The van der Waals surface area contributed by atoms with Gasteiger partial charge in [0.2, 0.25) is 15.9 Å². The lowest BCUT2D eigenvalue weighted by Crippen LogP contribution is -2.50. The van der Waals surface area contributed by atoms with Gasteiger partial charge in [0.25, 0.3) is 0 Å². The van der Waals surface area contributed by atoms with Gasteiger partial charge in [-0.2, -0.15) is 4.31 Å². The van der Waals surface area contributed by atoms with Crippen LogP contribution < -0.4 is 5.32 Å². The minimum atomic E-state index is -3.50. The van der Waals surface area contributed by atoms with Crippen LogP contribution in [0.1, 0.15) is 5.56 Å². The molecular weight excluding hydrogens is 400 g/mol. The predicted molar refractivity (Wildman–Crippen MR) is 117 cm³/mol. The fourth-order valence-electron chi connectivity index (χ4n) is 3.53. The molecule has 0 bridgehead atoms. The minimum absolute atomic E-state index is 0.137. The SMILES string of the molecule is Cc1ccc(S(=O)(=O)N2CCN(CC(=O)Nc3cnc4ccccc4c3)CC2)cc1. The standard InChI is InChI=1S/C22H24N4O3S/c1-17-6-8-20(9-7-17)30(28,29)26-12-10-25(11-13-26)16-22(27)24-19-14-18-4-2-3-5-21(18)23-15-19/h2-9,14-15H,10-13,16H2,1H3,(H,24,27). The maximum absolute atomic E-state index is 12.8. The van der Waals surface area contributed by atoms with Crippen LogP contribution >= 0.6 is 0 Å². The van der Waals surface area contributed by atoms with Crippen LogP contribution in [0.4, 0.5) is 5.69 Å². The molecule has 1 fully saturated rings. The molecule has 0 unspecified atom stereocenters. The number of anilines is 1. The van der Waals surface area contributed by atoms with Gasteiger partial charge in [-0.05, 0) is 31.2 Å². The maximum atomic E-state index is 12.8. The van der Waals surface area contributed by atoms with Crippen molar-refractivity contribution < 1.29 is 13.2 Å². The van der Waals surface area contributed by atoms with Gasteiger partial charge in [-0.25, -0.2) is 8.42 Å². The van der Waals surface area contributed by atoms with Gasteiger partial charge in [-0.3, -0.25) is 14.7 Å². The number of rotatable bonds is 5. The summed E-state index contributed by atoms with van der Waals surface area (Å²) in [5, 5.41) is 3.84. The first-order chi connectivity index (χ1) is 14.4. The van der Waals surface area contributed by atoms with Crippen molar-refractivity contribution >= 4 is 32.5 Å². The van der Waals surface area contributed by atoms with Gasteiger partial charge in [0.15, 0.2) is 0 Å². The van der Waals surface area contributed by atoms with Crippen LogP contribution in [0.15, 0.2) is 65.7 Å². The van der Waals surface area contributed by atoms with Crippen LogP contribution in [0.25, 0.3) is 10.9 Å². The van der Waals surface area contributed by atoms with Crippen molar-refractivity contribution in [2.24, 2.45) is 0 Å². The minimum Gasteiger partial charge on any atom is -0.324 e. The summed E-state index contributed by atoms with van der Waals surface area (Å²) in [7, 11) is -3.50. The molecule has 0 aliphatic carbocycles. The molecule has 0 radical (unpaired) electrons. The molecule has 1 aliphatic rings. The highest BCUT2D eigenvalue weighted by Gasteiger charge is 2.29. The molecule has 3 aromatic rings. The first-order valence-corrected chi connectivity index (χ1v) is 11.3. The summed E-state index contributed by atoms with van der Waals surface area (Å²) in [6, 6.07) is 16.5. The van der Waals surface area contributed by atoms with Gasteiger partial charge in [0.05, 0.1) is 28.8 Å². The van der Waals surface area contributed by atoms with Crippen LogP contribution in [0.5, 0.6) is 0 Å². The summed E-state index contributed by atoms with van der Waals surface area (Å²) in [4.78, 5) is 19.1. The molecule has 2 aromatic carbocycles. The number of piperazine rings is 1. The highest BCUT2D eigenvalue weighted by Crippen LogP contribution is 2.19. The lowest BCUT2D eigenvalue weighted by atomic mass is 10.2. The van der Waals surface area contributed by atoms with E-state index in [9.17, 15) is 13.2 Å². The third-order valence-electron chi connectivity index (χ3n) is 5.23. The van der Waals surface area contributed by atoms with Crippen molar-refractivity contribution in [3.63, 3.8) is 0 Å². The van der Waals surface area contributed by atoms with Crippen molar-refractivity contribution in [2.45, 2.75) is 11.8 Å². The molecule has 7 nitrogen and oxygen atoms in total. The number of hydrogen-bond acceptors (Lipinski definition) is 5. The van der Waals surface area contributed by atoms with Crippen molar-refractivity contribution in [3.8, 4) is 0 Å². The van der Waals surface area contributed by atoms with E-state index in [2.05, 4.69) is 10.3 Å². The van der Waals surface area contributed by atoms with E-state index < -0.39 is 10.0 Å². The first kappa shape index (κ1) is 20.5. The van der Waals surface area contributed by atoms with Crippen LogP contribution in [-0.2, 0) is 14.8 Å². The van der Waals surface area contributed by atoms with Gasteiger partial charge in [-0.1, -0.05) is 35.9 Å². The number of aryl methyl sites for hydroxylation is 1. The Morgan fingerprint density at radius 2 is 1.73 bits per heavy atom. The summed E-state index contributed by atoms with van der Waals surface area (Å²) in [6.07, 6.45) is 1.65. The van der Waals surface area contributed by atoms with E-state index in [4.69, 9.17) is 0 Å². The number of sulfonamides is 1. The normalized spacial score (nSPS) is 15.9. The van der Waals surface area contributed by atoms with E-state index >= 15 is 0 Å². The quantitative estimate of drug-likeness (QED) is 0.681. The number of amides is 1. The van der Waals surface area contributed by atoms with E-state index in [-0.39, 0.29) is 12.5 Å². The van der Waals surface area contributed by atoms with Crippen molar-refractivity contribution in [1.82, 2.24) is 14.2 Å². The molecule has 30 heavy (non-hydrogen) atoms. The molecule has 156 valence electrons. The molecule has 1 saturated heterocycles. The molecule has 1 N–H and O–H groups in total. The number of para-hydroxylation sites is 1. The maximum Gasteiger partial charge on any atom is 0.243 e. The lowest BCUT2D eigenvalue weighted by Gasteiger charge is -2.33. The number of hydrogen-bond donors (Lipinski definition) is 1. The highest BCUT2D eigenvalue weighted by atomic mass is 32.2. The van der Waals surface area contributed by atoms with Crippen LogP contribution in [0.2, 0.25) is 0 Å². The summed E-state index contributed by atoms with van der Waals surface area (Å²) >= 11 is 0. The zero-order chi connectivity index (χ0) is 21.1. The second-order valence-electron chi connectivity index (χ2n) is 7.46. The Morgan fingerprint density at radius 3 is 2.47 bits per heavy atom. The highest BCUT2D eigenvalue weighted by molar-refractivity contribution is 7.89. The second-order valence-corrected chi connectivity index (χ2v) is 9.40. The smallest absolute Gasteiger partial charge is 0.243 e. The zero-order valence-corrected chi connectivity index (χ0v) is 17.6. The molecule has 1 aliphatic heterocycles. The van der Waals surface area contributed by atoms with Gasteiger partial charge in [0, 0.05) is 31.6 Å². The number of nitrogens with one attached hydrogen (secondary N) is 1. The molecule has 0 spiro atoms. The van der Waals surface area contributed by atoms with Crippen molar-refractivity contribution in [3.05, 3.63) is 66.4 Å². The zero-order valence-electron chi connectivity index (χ0n) is 16.8. The number of carbonyl (C=O) groups excluding carboxylic acids is 1. The van der Waals surface area contributed by atoms with E-state index in [1.54, 1.807) is 30.5 Å². The monoisotopic (exact) mass is 424 g/mol. The fourth-order valence-corrected chi connectivity index (χ4v) is 4.95. The average Bonchev–Trinajstić information content (AvgIpc) is 2.74. The Morgan fingerprint density at radius 1 is 1.03 bits per heavy atom. The molecule has 2 heterocycles.